The number of allylic oxidation sites excluding steroid dienone is 2. The molecule has 3 aromatic rings. The molecule has 0 saturated carbocycles. The fourth-order valence-electron chi connectivity index (χ4n) is 2.95. The number of pyridine rings is 2. The van der Waals surface area contributed by atoms with Gasteiger partial charge in [0.15, 0.2) is 0 Å². The van der Waals surface area contributed by atoms with Crippen LogP contribution in [0.25, 0.3) is 16.6 Å². The zero-order valence-corrected chi connectivity index (χ0v) is 13.9. The van der Waals surface area contributed by atoms with Gasteiger partial charge in [-0.05, 0) is 35.9 Å². The summed E-state index contributed by atoms with van der Waals surface area (Å²) in [4.78, 5) is 14.1. The van der Waals surface area contributed by atoms with Crippen LogP contribution in [-0.4, -0.2) is 32.9 Å². The summed E-state index contributed by atoms with van der Waals surface area (Å²) in [6.07, 6.45) is 10.7. The maximum absolute atomic E-state index is 6.51. The second-order valence-corrected chi connectivity index (χ2v) is 6.13. The van der Waals surface area contributed by atoms with Crippen LogP contribution in [0.15, 0.2) is 66.2 Å². The SMILES string of the molecule is ClC1=CC(c2c[nH]c3ncccc23)=CCN1CCc1ccccn1. The van der Waals surface area contributed by atoms with E-state index in [1.807, 2.05) is 42.7 Å². The van der Waals surface area contributed by atoms with Gasteiger partial charge in [0.05, 0.1) is 0 Å². The third-order valence-corrected chi connectivity index (χ3v) is 4.58. The number of aromatic nitrogens is 3. The molecular formula is C19H17ClN4. The summed E-state index contributed by atoms with van der Waals surface area (Å²) in [6.45, 7) is 1.65. The Labute approximate surface area is 145 Å². The van der Waals surface area contributed by atoms with Gasteiger partial charge < -0.3 is 9.88 Å². The van der Waals surface area contributed by atoms with Crippen LogP contribution in [0, 0.1) is 0 Å². The molecule has 0 fully saturated rings. The lowest BCUT2D eigenvalue weighted by molar-refractivity contribution is 0.403. The molecule has 1 aliphatic rings. The Kier molecular flexibility index (Phi) is 4.05. The number of nitrogens with zero attached hydrogens (tertiary/aromatic N) is 3. The van der Waals surface area contributed by atoms with Crippen LogP contribution in [0.5, 0.6) is 0 Å². The third kappa shape index (κ3) is 2.93. The summed E-state index contributed by atoms with van der Waals surface area (Å²) in [5, 5.41) is 1.88. The number of aromatic amines is 1. The number of H-pyrrole nitrogens is 1. The van der Waals surface area contributed by atoms with E-state index in [9.17, 15) is 0 Å². The predicted octanol–water partition coefficient (Wildman–Crippen LogP) is 3.98. The molecule has 4 rings (SSSR count). The molecule has 0 aromatic carbocycles. The third-order valence-electron chi connectivity index (χ3n) is 4.23. The Hall–Kier alpha value is -2.59. The summed E-state index contributed by atoms with van der Waals surface area (Å²) in [7, 11) is 0. The van der Waals surface area contributed by atoms with Gasteiger partial charge in [-0.15, -0.1) is 0 Å². The van der Waals surface area contributed by atoms with Gasteiger partial charge in [0.25, 0.3) is 0 Å². The lowest BCUT2D eigenvalue weighted by atomic mass is 10.0. The van der Waals surface area contributed by atoms with Crippen LogP contribution in [0.3, 0.4) is 0 Å². The highest BCUT2D eigenvalue weighted by molar-refractivity contribution is 6.30. The number of hydrogen-bond donors (Lipinski definition) is 1. The second kappa shape index (κ2) is 6.49. The highest BCUT2D eigenvalue weighted by atomic mass is 35.5. The molecule has 0 spiro atoms. The summed E-state index contributed by atoms with van der Waals surface area (Å²) in [5.41, 5.74) is 4.25. The average Bonchev–Trinajstić information content (AvgIpc) is 3.06. The topological polar surface area (TPSA) is 44.8 Å². The van der Waals surface area contributed by atoms with Gasteiger partial charge in [-0.1, -0.05) is 23.7 Å². The van der Waals surface area contributed by atoms with Gasteiger partial charge in [0.2, 0.25) is 0 Å². The van der Waals surface area contributed by atoms with Crippen molar-refractivity contribution in [3.8, 4) is 0 Å². The molecule has 5 heteroatoms. The van der Waals surface area contributed by atoms with Crippen LogP contribution in [0.4, 0.5) is 0 Å². The standard InChI is InChI=1S/C19H17ClN4/c20-18-12-14(17-13-23-19-16(17)5-3-9-22-19)6-10-24(18)11-7-15-4-1-2-8-21-15/h1-6,8-9,12-13H,7,10-11H2,(H,22,23). The molecular weight excluding hydrogens is 320 g/mol. The summed E-state index contributed by atoms with van der Waals surface area (Å²) < 4.78 is 0. The van der Waals surface area contributed by atoms with Crippen molar-refractivity contribution in [2.75, 3.05) is 13.1 Å². The van der Waals surface area contributed by atoms with Crippen molar-refractivity contribution in [1.29, 1.82) is 0 Å². The molecule has 120 valence electrons. The summed E-state index contributed by atoms with van der Waals surface area (Å²) in [6, 6.07) is 10.0. The Morgan fingerprint density at radius 2 is 2.04 bits per heavy atom. The smallest absolute Gasteiger partial charge is 0.137 e. The van der Waals surface area contributed by atoms with E-state index in [4.69, 9.17) is 11.6 Å². The molecule has 0 saturated heterocycles. The van der Waals surface area contributed by atoms with Gasteiger partial charge in [0.1, 0.15) is 10.8 Å². The first-order valence-corrected chi connectivity index (χ1v) is 8.34. The fourth-order valence-corrected chi connectivity index (χ4v) is 3.22. The van der Waals surface area contributed by atoms with E-state index in [0.717, 1.165) is 52.5 Å². The van der Waals surface area contributed by atoms with E-state index in [-0.39, 0.29) is 0 Å². The minimum atomic E-state index is 0.765. The van der Waals surface area contributed by atoms with Gasteiger partial charge >= 0.3 is 0 Å². The van der Waals surface area contributed by atoms with Gasteiger partial charge in [-0.3, -0.25) is 4.98 Å². The number of hydrogen-bond acceptors (Lipinski definition) is 3. The predicted molar refractivity (Wildman–Crippen MR) is 97.5 cm³/mol. The minimum absolute atomic E-state index is 0.765. The van der Waals surface area contributed by atoms with Crippen molar-refractivity contribution in [1.82, 2.24) is 19.9 Å². The second-order valence-electron chi connectivity index (χ2n) is 5.75. The van der Waals surface area contributed by atoms with Crippen LogP contribution in [0.1, 0.15) is 11.3 Å². The first-order chi connectivity index (χ1) is 11.8. The van der Waals surface area contributed by atoms with Gasteiger partial charge in [-0.2, -0.15) is 0 Å². The number of halogens is 1. The van der Waals surface area contributed by atoms with Crippen LogP contribution in [0.2, 0.25) is 0 Å². The van der Waals surface area contributed by atoms with Gasteiger partial charge in [-0.25, -0.2) is 4.98 Å². The Bertz CT molecular complexity index is 911. The summed E-state index contributed by atoms with van der Waals surface area (Å²) >= 11 is 6.51. The van der Waals surface area contributed by atoms with Crippen LogP contribution >= 0.6 is 11.6 Å². The van der Waals surface area contributed by atoms with E-state index >= 15 is 0 Å². The Morgan fingerprint density at radius 3 is 2.88 bits per heavy atom. The molecule has 4 nitrogen and oxygen atoms in total. The molecule has 1 aliphatic heterocycles. The van der Waals surface area contributed by atoms with Crippen molar-refractivity contribution >= 4 is 28.2 Å². The first kappa shape index (κ1) is 15.0. The Balaban J connectivity index is 1.50. The van der Waals surface area contributed by atoms with E-state index in [2.05, 4.69) is 32.0 Å². The van der Waals surface area contributed by atoms with Crippen LogP contribution in [-0.2, 0) is 6.42 Å². The fraction of sp³-hybridized carbons (Fsp3) is 0.158. The molecule has 0 atom stereocenters. The highest BCUT2D eigenvalue weighted by Crippen LogP contribution is 2.29. The molecule has 1 N–H and O–H groups in total. The molecule has 0 aliphatic carbocycles. The highest BCUT2D eigenvalue weighted by Gasteiger charge is 2.15. The lowest BCUT2D eigenvalue weighted by Crippen LogP contribution is -2.26. The zero-order chi connectivity index (χ0) is 16.4. The first-order valence-electron chi connectivity index (χ1n) is 7.96. The molecule has 0 bridgehead atoms. The van der Waals surface area contributed by atoms with Crippen molar-refractivity contribution in [3.05, 3.63) is 77.5 Å². The van der Waals surface area contributed by atoms with Gasteiger partial charge in [0, 0.05) is 54.7 Å². The monoisotopic (exact) mass is 336 g/mol. The minimum Gasteiger partial charge on any atom is -0.358 e. The number of nitrogens with one attached hydrogen (secondary N) is 1. The van der Waals surface area contributed by atoms with Crippen molar-refractivity contribution < 1.29 is 0 Å². The van der Waals surface area contributed by atoms with Crippen molar-refractivity contribution in [3.63, 3.8) is 0 Å². The quantitative estimate of drug-likeness (QED) is 0.733. The van der Waals surface area contributed by atoms with Crippen molar-refractivity contribution in [2.45, 2.75) is 6.42 Å². The molecule has 24 heavy (non-hydrogen) atoms. The zero-order valence-electron chi connectivity index (χ0n) is 13.1. The summed E-state index contributed by atoms with van der Waals surface area (Å²) in [5.74, 6) is 0. The maximum Gasteiger partial charge on any atom is 0.137 e. The molecule has 4 heterocycles. The van der Waals surface area contributed by atoms with E-state index in [1.165, 1.54) is 0 Å². The molecule has 0 unspecified atom stereocenters. The van der Waals surface area contributed by atoms with Crippen LogP contribution < -0.4 is 0 Å². The maximum atomic E-state index is 6.51. The average molecular weight is 337 g/mol. The number of fused-ring (bicyclic) bond motifs is 1. The lowest BCUT2D eigenvalue weighted by Gasteiger charge is -2.26. The molecule has 0 radical (unpaired) electrons. The van der Waals surface area contributed by atoms with E-state index in [0.29, 0.717) is 0 Å². The number of rotatable bonds is 4. The molecule has 3 aromatic heterocycles. The van der Waals surface area contributed by atoms with Crippen molar-refractivity contribution in [2.24, 2.45) is 0 Å². The van der Waals surface area contributed by atoms with E-state index in [1.54, 1.807) is 6.20 Å². The molecule has 0 amide bonds. The Morgan fingerprint density at radius 1 is 1.12 bits per heavy atom. The largest absolute Gasteiger partial charge is 0.358 e. The van der Waals surface area contributed by atoms with E-state index < -0.39 is 0 Å². The normalized spacial score (nSPS) is 14.6.